The molecule has 67 heavy (non-hydrogen) atoms. The number of esters is 1. The molecule has 0 aromatic carbocycles. The van der Waals surface area contributed by atoms with Gasteiger partial charge in [0.15, 0.2) is 6.29 Å². The Hall–Kier alpha value is -2.72. The number of unbranched alkanes of at least 4 members (excludes halogenated alkanes) is 17. The van der Waals surface area contributed by atoms with Crippen molar-refractivity contribution in [2.75, 3.05) is 26.4 Å². The molecule has 1 heterocycles. The molecule has 0 saturated carbocycles. The first-order valence-corrected chi connectivity index (χ1v) is 27.2. The Morgan fingerprint density at radius 1 is 0.582 bits per heavy atom. The monoisotopic (exact) mass is 965 g/mol. The minimum Gasteiger partial charge on any atom is -0.457 e. The zero-order valence-electron chi connectivity index (χ0n) is 41.4. The maximum atomic E-state index is 12.9. The van der Waals surface area contributed by atoms with Gasteiger partial charge in [0, 0.05) is 13.0 Å². The summed E-state index contributed by atoms with van der Waals surface area (Å²) in [7, 11) is -5.07. The van der Waals surface area contributed by atoms with E-state index in [1.165, 1.54) is 57.8 Å². The average molecular weight is 965 g/mol. The van der Waals surface area contributed by atoms with Crippen LogP contribution in [0.25, 0.3) is 0 Å². The maximum absolute atomic E-state index is 12.9. The number of allylic oxidation sites excluding steroid dienone is 14. The highest BCUT2D eigenvalue weighted by molar-refractivity contribution is 7.80. The van der Waals surface area contributed by atoms with Crippen molar-refractivity contribution in [3.05, 3.63) is 85.1 Å². The first-order valence-electron chi connectivity index (χ1n) is 25.8. The number of aliphatic hydroxyl groups excluding tert-OH is 3. The Morgan fingerprint density at radius 2 is 1.03 bits per heavy atom. The van der Waals surface area contributed by atoms with Gasteiger partial charge in [-0.3, -0.25) is 9.35 Å². The predicted octanol–water partition coefficient (Wildman–Crippen LogP) is 12.0. The lowest BCUT2D eigenvalue weighted by Gasteiger charge is -2.41. The lowest BCUT2D eigenvalue weighted by atomic mass is 9.99. The van der Waals surface area contributed by atoms with Crippen LogP contribution < -0.4 is 0 Å². The first-order chi connectivity index (χ1) is 32.6. The molecule has 12 nitrogen and oxygen atoms in total. The van der Waals surface area contributed by atoms with E-state index in [0.717, 1.165) is 103 Å². The minimum absolute atomic E-state index is 0.0211. The third-order valence-corrected chi connectivity index (χ3v) is 11.7. The second-order valence-electron chi connectivity index (χ2n) is 17.4. The van der Waals surface area contributed by atoms with E-state index in [1.54, 1.807) is 0 Å². The number of hydrogen-bond acceptors (Lipinski definition) is 11. The Bertz CT molecular complexity index is 1490. The van der Waals surface area contributed by atoms with Crippen LogP contribution >= 0.6 is 0 Å². The topological polar surface area (TPSA) is 178 Å². The number of hydrogen-bond donors (Lipinski definition) is 4. The summed E-state index contributed by atoms with van der Waals surface area (Å²) in [5.41, 5.74) is 0. The zero-order valence-corrected chi connectivity index (χ0v) is 42.2. The summed E-state index contributed by atoms with van der Waals surface area (Å²) in [6.45, 7) is 3.83. The van der Waals surface area contributed by atoms with Crippen molar-refractivity contribution in [2.24, 2.45) is 0 Å². The second kappa shape index (κ2) is 44.5. The Labute approximate surface area is 406 Å². The molecule has 0 bridgehead atoms. The first kappa shape index (κ1) is 62.3. The fraction of sp³-hybridized carbons (Fsp3) is 0.722. The van der Waals surface area contributed by atoms with Crippen molar-refractivity contribution in [2.45, 2.75) is 224 Å². The van der Waals surface area contributed by atoms with Gasteiger partial charge < -0.3 is 34.3 Å². The predicted molar refractivity (Wildman–Crippen MR) is 271 cm³/mol. The van der Waals surface area contributed by atoms with Crippen LogP contribution in [0.2, 0.25) is 0 Å². The second-order valence-corrected chi connectivity index (χ2v) is 18.4. The summed E-state index contributed by atoms with van der Waals surface area (Å²) in [5.74, 6) is -0.419. The standard InChI is InChI=1S/C54H92O12S/c1-3-5-7-9-11-13-15-17-19-20-21-22-23-24-25-26-27-28-29-31-33-35-37-39-41-43-50(56)64-48(47-63-54-52(58)53(66-67(59,60)61)51(57)49(45-55)65-54)46-62-44-42-40-38-36-34-32-30-18-16-14-12-10-8-6-4-2/h5,7,11,13,16-19,21-22,24-25,27-28,48-49,51-55,57-58H,3-4,6,8-10,12,14-15,20,23,26,29-47H2,1-2H3,(H,59,60,61)/b7-5-,13-11-,18-16-,19-17-,22-21-,25-24-,28-27-. The largest absolute Gasteiger partial charge is 0.457 e. The lowest BCUT2D eigenvalue weighted by Crippen LogP contribution is -2.60. The summed E-state index contributed by atoms with van der Waals surface area (Å²) in [5, 5.41) is 30.8. The Kier molecular flexibility index (Phi) is 41.4. The highest BCUT2D eigenvalue weighted by Gasteiger charge is 2.48. The smallest absolute Gasteiger partial charge is 0.397 e. The molecule has 0 aliphatic carbocycles. The Balaban J connectivity index is 2.37. The number of ether oxygens (including phenoxy) is 4. The van der Waals surface area contributed by atoms with Crippen LogP contribution in [0.1, 0.15) is 187 Å². The number of carbonyl (C=O) groups is 1. The average Bonchev–Trinajstić information content (AvgIpc) is 3.30. The van der Waals surface area contributed by atoms with Gasteiger partial charge in [0.2, 0.25) is 0 Å². The van der Waals surface area contributed by atoms with Gasteiger partial charge in [-0.1, -0.05) is 176 Å². The molecule has 1 rings (SSSR count). The molecular formula is C54H92O12S. The van der Waals surface area contributed by atoms with Crippen LogP contribution in [-0.2, 0) is 38.3 Å². The summed E-state index contributed by atoms with van der Waals surface area (Å²) in [4.78, 5) is 12.9. The van der Waals surface area contributed by atoms with E-state index >= 15 is 0 Å². The third kappa shape index (κ3) is 37.8. The van der Waals surface area contributed by atoms with Gasteiger partial charge in [-0.2, -0.15) is 8.42 Å². The Morgan fingerprint density at radius 3 is 1.52 bits per heavy atom. The summed E-state index contributed by atoms with van der Waals surface area (Å²) in [6.07, 6.45) is 50.4. The fourth-order valence-electron chi connectivity index (χ4n) is 7.38. The molecule has 6 atom stereocenters. The fourth-order valence-corrected chi connectivity index (χ4v) is 7.88. The highest BCUT2D eigenvalue weighted by atomic mass is 32.3. The molecule has 6 unspecified atom stereocenters. The molecule has 386 valence electrons. The molecule has 0 spiro atoms. The van der Waals surface area contributed by atoms with E-state index < -0.39 is 59.8 Å². The van der Waals surface area contributed by atoms with Gasteiger partial charge in [-0.25, -0.2) is 4.18 Å². The summed E-state index contributed by atoms with van der Waals surface area (Å²) in [6, 6.07) is 0. The van der Waals surface area contributed by atoms with Gasteiger partial charge in [0.05, 0.1) is 19.8 Å². The van der Waals surface area contributed by atoms with E-state index in [1.807, 2.05) is 0 Å². The van der Waals surface area contributed by atoms with Crippen molar-refractivity contribution in [1.82, 2.24) is 0 Å². The van der Waals surface area contributed by atoms with Crippen molar-refractivity contribution in [3.63, 3.8) is 0 Å². The molecule has 1 aliphatic rings. The molecule has 0 radical (unpaired) electrons. The number of rotatable bonds is 44. The summed E-state index contributed by atoms with van der Waals surface area (Å²) < 4.78 is 59.2. The molecule has 1 fully saturated rings. The quantitative estimate of drug-likeness (QED) is 0.0197. The van der Waals surface area contributed by atoms with E-state index in [2.05, 4.69) is 103 Å². The van der Waals surface area contributed by atoms with Gasteiger partial charge in [0.25, 0.3) is 0 Å². The number of aliphatic hydroxyl groups is 3. The molecular weight excluding hydrogens is 873 g/mol. The van der Waals surface area contributed by atoms with Crippen LogP contribution in [0.5, 0.6) is 0 Å². The van der Waals surface area contributed by atoms with E-state index in [4.69, 9.17) is 18.9 Å². The highest BCUT2D eigenvalue weighted by Crippen LogP contribution is 2.26. The van der Waals surface area contributed by atoms with Crippen molar-refractivity contribution in [1.29, 1.82) is 0 Å². The molecule has 0 aromatic heterocycles. The van der Waals surface area contributed by atoms with E-state index in [9.17, 15) is 33.1 Å². The summed E-state index contributed by atoms with van der Waals surface area (Å²) >= 11 is 0. The van der Waals surface area contributed by atoms with Crippen LogP contribution in [0.15, 0.2) is 85.1 Å². The van der Waals surface area contributed by atoms with E-state index in [-0.39, 0.29) is 19.6 Å². The van der Waals surface area contributed by atoms with Crippen molar-refractivity contribution < 1.29 is 56.2 Å². The molecule has 4 N–H and O–H groups in total. The van der Waals surface area contributed by atoms with Gasteiger partial charge in [-0.15, -0.1) is 0 Å². The van der Waals surface area contributed by atoms with E-state index in [0.29, 0.717) is 13.0 Å². The maximum Gasteiger partial charge on any atom is 0.397 e. The van der Waals surface area contributed by atoms with Gasteiger partial charge >= 0.3 is 16.4 Å². The molecule has 13 heteroatoms. The molecule has 0 amide bonds. The number of carbonyl (C=O) groups excluding carboxylic acids is 1. The van der Waals surface area contributed by atoms with Gasteiger partial charge in [0.1, 0.15) is 30.5 Å². The van der Waals surface area contributed by atoms with Crippen LogP contribution in [-0.4, -0.2) is 97.5 Å². The molecule has 1 aliphatic heterocycles. The van der Waals surface area contributed by atoms with Crippen molar-refractivity contribution >= 4 is 16.4 Å². The van der Waals surface area contributed by atoms with Crippen LogP contribution in [0.4, 0.5) is 0 Å². The molecule has 1 saturated heterocycles. The van der Waals surface area contributed by atoms with Crippen LogP contribution in [0.3, 0.4) is 0 Å². The van der Waals surface area contributed by atoms with Crippen molar-refractivity contribution in [3.8, 4) is 0 Å². The van der Waals surface area contributed by atoms with Crippen LogP contribution in [0, 0.1) is 0 Å². The SMILES string of the molecule is CC/C=C\C/C=C\C/C=C\C/C=C\C/C=C\C/C=C\CCCCCCCCC(=O)OC(COCCCCCCCC/C=C\CCCCCCC)COC1OC(CO)C(O)C(OS(=O)(=O)O)C1O. The lowest BCUT2D eigenvalue weighted by molar-refractivity contribution is -0.301. The van der Waals surface area contributed by atoms with Gasteiger partial charge in [-0.05, 0) is 89.9 Å². The third-order valence-electron chi connectivity index (χ3n) is 11.3. The normalized spacial score (nSPS) is 20.1. The minimum atomic E-state index is -5.07. The zero-order chi connectivity index (χ0) is 48.9. The molecule has 0 aromatic rings.